The minimum absolute atomic E-state index is 0.00473. The molecule has 0 N–H and O–H groups in total. The molecule has 37 heavy (non-hydrogen) atoms. The number of aromatic nitrogens is 1. The number of hydrogen-bond donors (Lipinski definition) is 0. The van der Waals surface area contributed by atoms with E-state index in [9.17, 15) is 23.3 Å². The Morgan fingerprint density at radius 1 is 1.19 bits per heavy atom. The van der Waals surface area contributed by atoms with Gasteiger partial charge in [0.15, 0.2) is 0 Å². The number of allylic oxidation sites excluding steroid dienone is 3. The summed E-state index contributed by atoms with van der Waals surface area (Å²) >= 11 is 6.59. The molecule has 1 aliphatic carbocycles. The number of pyridine rings is 1. The highest BCUT2D eigenvalue weighted by atomic mass is 35.5. The van der Waals surface area contributed by atoms with Crippen LogP contribution in [0.25, 0.3) is 5.57 Å². The van der Waals surface area contributed by atoms with Crippen molar-refractivity contribution < 1.29 is 22.8 Å². The molecule has 1 aliphatic heterocycles. The van der Waals surface area contributed by atoms with E-state index in [1.54, 1.807) is 24.3 Å². The van der Waals surface area contributed by atoms with Crippen molar-refractivity contribution in [3.63, 3.8) is 0 Å². The number of benzene rings is 1. The van der Waals surface area contributed by atoms with Gasteiger partial charge in [-0.15, -0.1) is 0 Å². The molecule has 0 radical (unpaired) electrons. The molecule has 0 bridgehead atoms. The normalized spacial score (nSPS) is 16.9. The van der Waals surface area contributed by atoms with E-state index in [1.165, 1.54) is 30.9 Å². The van der Waals surface area contributed by atoms with Gasteiger partial charge in [0, 0.05) is 48.2 Å². The number of nitro groups is 1. The molecule has 0 saturated heterocycles. The van der Waals surface area contributed by atoms with Gasteiger partial charge in [-0.1, -0.05) is 23.7 Å². The van der Waals surface area contributed by atoms with Gasteiger partial charge in [0.25, 0.3) is 11.2 Å². The fraction of sp³-hybridized carbons (Fsp3) is 0.292. The average Bonchev–Trinajstić information content (AvgIpc) is 2.87. The van der Waals surface area contributed by atoms with Crippen LogP contribution in [0, 0.1) is 10.1 Å². The lowest BCUT2D eigenvalue weighted by molar-refractivity contribution is -0.384. The second-order valence-corrected chi connectivity index (χ2v) is 10.7. The quantitative estimate of drug-likeness (QED) is 0.396. The third-order valence-electron chi connectivity index (χ3n) is 5.96. The monoisotopic (exact) mass is 546 g/mol. The molecule has 2 aromatic rings. The summed E-state index contributed by atoms with van der Waals surface area (Å²) in [6, 6.07) is 7.61. The third-order valence-corrected chi connectivity index (χ3v) is 7.26. The summed E-state index contributed by atoms with van der Waals surface area (Å²) < 4.78 is 36.4. The Bertz CT molecular complexity index is 1670. The first-order valence-corrected chi connectivity index (χ1v) is 13.3. The molecule has 0 unspecified atom stereocenters. The fourth-order valence-electron chi connectivity index (χ4n) is 4.05. The largest absolute Gasteiger partial charge is 0.501 e. The first-order chi connectivity index (χ1) is 17.5. The molecular formula is C24H23ClN4O7S. The number of non-ortho nitro benzene ring substituents is 1. The molecule has 0 amide bonds. The van der Waals surface area contributed by atoms with Crippen molar-refractivity contribution in [1.29, 1.82) is 0 Å². The van der Waals surface area contributed by atoms with Gasteiger partial charge in [0.1, 0.15) is 17.0 Å². The van der Waals surface area contributed by atoms with E-state index in [2.05, 4.69) is 9.98 Å². The Morgan fingerprint density at radius 3 is 2.49 bits per heavy atom. The Balaban J connectivity index is 1.92. The van der Waals surface area contributed by atoms with Crippen LogP contribution >= 0.6 is 11.6 Å². The summed E-state index contributed by atoms with van der Waals surface area (Å²) in [6.07, 6.45) is 3.23. The predicted molar refractivity (Wildman–Crippen MR) is 137 cm³/mol. The Labute approximate surface area is 216 Å². The highest BCUT2D eigenvalue weighted by Gasteiger charge is 2.23. The number of hydrogen-bond acceptors (Lipinski definition) is 9. The number of amidine groups is 1. The summed E-state index contributed by atoms with van der Waals surface area (Å²) in [5.41, 5.74) is 1.51. The number of fused-ring (bicyclic) bond motifs is 1. The number of sulfone groups is 1. The lowest BCUT2D eigenvalue weighted by atomic mass is 10.0. The van der Waals surface area contributed by atoms with Gasteiger partial charge in [-0.3, -0.25) is 24.5 Å². The van der Waals surface area contributed by atoms with Crippen molar-refractivity contribution >= 4 is 37.9 Å². The second-order valence-electron chi connectivity index (χ2n) is 8.37. The van der Waals surface area contributed by atoms with E-state index in [4.69, 9.17) is 21.1 Å². The van der Waals surface area contributed by atoms with E-state index in [1.807, 2.05) is 0 Å². The minimum atomic E-state index is -3.71. The van der Waals surface area contributed by atoms with Crippen molar-refractivity contribution in [3.8, 4) is 0 Å². The molecule has 0 fully saturated rings. The topological polar surface area (TPSA) is 142 Å². The molecule has 1 aromatic heterocycles. The van der Waals surface area contributed by atoms with Crippen LogP contribution < -0.4 is 16.3 Å². The number of aryl methyl sites for hydroxylation is 1. The Hall–Kier alpha value is -3.77. The number of rotatable bonds is 6. The molecule has 13 heteroatoms. The van der Waals surface area contributed by atoms with Gasteiger partial charge < -0.3 is 9.47 Å². The Kier molecular flexibility index (Phi) is 7.32. The van der Waals surface area contributed by atoms with E-state index >= 15 is 0 Å². The van der Waals surface area contributed by atoms with Crippen LogP contribution in [0.2, 0.25) is 0 Å². The fourth-order valence-corrected chi connectivity index (χ4v) is 4.90. The highest BCUT2D eigenvalue weighted by molar-refractivity contribution is 8.05. The SMILES string of the molecule is COC1=CC(OC)=C(Cl)C(=c2cc3c(n(CCc4ccc([N+](=O)[O-])cc4)c2=O)=NC(S(C)(=O)=O)=NC3)C1. The first-order valence-electron chi connectivity index (χ1n) is 11.0. The van der Waals surface area contributed by atoms with Crippen LogP contribution in [0.4, 0.5) is 5.69 Å². The predicted octanol–water partition coefficient (Wildman–Crippen LogP) is 1.71. The number of nitrogens with zero attached hydrogens (tertiary/aromatic N) is 4. The lowest BCUT2D eigenvalue weighted by Crippen LogP contribution is -2.47. The van der Waals surface area contributed by atoms with Crippen molar-refractivity contribution in [2.24, 2.45) is 9.98 Å². The van der Waals surface area contributed by atoms with Crippen LogP contribution in [-0.2, 0) is 38.8 Å². The third kappa shape index (κ3) is 5.35. The standard InChI is InChI=1S/C24H23ClN4O7S/c1-35-17-11-18(21(25)20(12-17)36-2)19-10-15-13-26-24(37(3,33)34)27-22(15)28(23(19)30)9-8-14-4-6-16(7-5-14)29(31)32/h4-7,10,12H,8-9,11,13H2,1-3H3. The maximum atomic E-state index is 13.8. The maximum absolute atomic E-state index is 13.8. The van der Waals surface area contributed by atoms with Crippen LogP contribution in [0.15, 0.2) is 67.7 Å². The molecule has 0 spiro atoms. The first kappa shape index (κ1) is 26.3. The van der Waals surface area contributed by atoms with Gasteiger partial charge in [-0.2, -0.15) is 0 Å². The van der Waals surface area contributed by atoms with E-state index in [0.29, 0.717) is 29.1 Å². The molecule has 11 nitrogen and oxygen atoms in total. The van der Waals surface area contributed by atoms with Gasteiger partial charge in [0.2, 0.25) is 15.0 Å². The summed E-state index contributed by atoms with van der Waals surface area (Å²) in [4.78, 5) is 32.6. The molecule has 4 rings (SSSR count). The zero-order chi connectivity index (χ0) is 26.9. The number of aliphatic imine (C=N–C) groups is 1. The van der Waals surface area contributed by atoms with Crippen LogP contribution in [0.5, 0.6) is 0 Å². The van der Waals surface area contributed by atoms with Gasteiger partial charge >= 0.3 is 0 Å². The second kappa shape index (κ2) is 10.3. The smallest absolute Gasteiger partial charge is 0.269 e. The molecular weight excluding hydrogens is 524 g/mol. The van der Waals surface area contributed by atoms with Crippen molar-refractivity contribution in [1.82, 2.24) is 4.57 Å². The number of halogens is 1. The minimum Gasteiger partial charge on any atom is -0.501 e. The molecule has 0 atom stereocenters. The van der Waals surface area contributed by atoms with Gasteiger partial charge in [-0.25, -0.2) is 13.4 Å². The summed E-state index contributed by atoms with van der Waals surface area (Å²) in [7, 11) is -0.745. The van der Waals surface area contributed by atoms with Gasteiger partial charge in [0.05, 0.1) is 30.7 Å². The van der Waals surface area contributed by atoms with Crippen molar-refractivity contribution in [3.05, 3.63) is 95.3 Å². The average molecular weight is 547 g/mol. The zero-order valence-corrected chi connectivity index (χ0v) is 21.8. The number of ether oxygens (including phenoxy) is 2. The molecule has 0 saturated carbocycles. The zero-order valence-electron chi connectivity index (χ0n) is 20.2. The number of methoxy groups -OCH3 is 2. The summed E-state index contributed by atoms with van der Waals surface area (Å²) in [6.45, 7) is 0.136. The molecule has 194 valence electrons. The molecule has 2 aliphatic rings. The molecule has 2 heterocycles. The molecule has 1 aromatic carbocycles. The lowest BCUT2D eigenvalue weighted by Gasteiger charge is -2.19. The van der Waals surface area contributed by atoms with E-state index < -0.39 is 20.3 Å². The van der Waals surface area contributed by atoms with Crippen molar-refractivity contribution in [2.75, 3.05) is 20.5 Å². The van der Waals surface area contributed by atoms with E-state index in [0.717, 1.165) is 11.8 Å². The maximum Gasteiger partial charge on any atom is 0.269 e. The van der Waals surface area contributed by atoms with Crippen LogP contribution in [-0.4, -0.2) is 43.6 Å². The van der Waals surface area contributed by atoms with E-state index in [-0.39, 0.29) is 46.1 Å². The van der Waals surface area contributed by atoms with Gasteiger partial charge in [-0.05, 0) is 23.6 Å². The highest BCUT2D eigenvalue weighted by Crippen LogP contribution is 2.32. The Morgan fingerprint density at radius 2 is 1.89 bits per heavy atom. The summed E-state index contributed by atoms with van der Waals surface area (Å²) in [5, 5.41) is 11.2. The number of nitro benzene ring substituents is 1. The van der Waals surface area contributed by atoms with Crippen LogP contribution in [0.3, 0.4) is 0 Å². The van der Waals surface area contributed by atoms with Crippen molar-refractivity contribution in [2.45, 2.75) is 25.9 Å². The summed E-state index contributed by atoms with van der Waals surface area (Å²) in [5.74, 6) is 0.893. The van der Waals surface area contributed by atoms with Crippen LogP contribution in [0.1, 0.15) is 17.5 Å².